The van der Waals surface area contributed by atoms with E-state index in [1.807, 2.05) is 4.90 Å². The number of aromatic carboxylic acids is 1. The lowest BCUT2D eigenvalue weighted by Crippen LogP contribution is -2.35. The van der Waals surface area contributed by atoms with Crippen molar-refractivity contribution in [3.05, 3.63) is 33.7 Å². The second kappa shape index (κ2) is 6.56. The molecule has 1 N–H and O–H groups in total. The standard InChI is InChI=1S/C15H20N2O4/c1-11-8-13(18)12(15(20)21)9-17(11)10-14(19)16-6-4-2-3-5-7-16/h8-9H,2-7,10H2,1H3,(H,20,21). The molecule has 1 amide bonds. The van der Waals surface area contributed by atoms with Crippen molar-refractivity contribution in [2.45, 2.75) is 39.2 Å². The SMILES string of the molecule is Cc1cc(=O)c(C(=O)O)cn1CC(=O)N1CCCCCC1. The molecule has 1 fully saturated rings. The highest BCUT2D eigenvalue weighted by atomic mass is 16.4. The minimum Gasteiger partial charge on any atom is -0.477 e. The smallest absolute Gasteiger partial charge is 0.341 e. The third kappa shape index (κ3) is 3.71. The summed E-state index contributed by atoms with van der Waals surface area (Å²) in [6.07, 6.45) is 5.56. The van der Waals surface area contributed by atoms with Crippen LogP contribution in [0.2, 0.25) is 0 Å². The highest BCUT2D eigenvalue weighted by Crippen LogP contribution is 2.11. The number of pyridine rings is 1. The van der Waals surface area contributed by atoms with Gasteiger partial charge in [0.1, 0.15) is 12.1 Å². The van der Waals surface area contributed by atoms with Crippen molar-refractivity contribution in [2.75, 3.05) is 13.1 Å². The molecular weight excluding hydrogens is 272 g/mol. The van der Waals surface area contributed by atoms with E-state index in [2.05, 4.69) is 0 Å². The Morgan fingerprint density at radius 2 is 1.81 bits per heavy atom. The summed E-state index contributed by atoms with van der Waals surface area (Å²) < 4.78 is 1.54. The second-order valence-corrected chi connectivity index (χ2v) is 5.42. The lowest BCUT2D eigenvalue weighted by molar-refractivity contribution is -0.131. The van der Waals surface area contributed by atoms with E-state index in [-0.39, 0.29) is 18.0 Å². The fraction of sp³-hybridized carbons (Fsp3) is 0.533. The van der Waals surface area contributed by atoms with Crippen LogP contribution in [0.5, 0.6) is 0 Å². The second-order valence-electron chi connectivity index (χ2n) is 5.42. The Morgan fingerprint density at radius 3 is 2.38 bits per heavy atom. The zero-order valence-corrected chi connectivity index (χ0v) is 12.2. The molecule has 0 bridgehead atoms. The minimum atomic E-state index is -1.27. The van der Waals surface area contributed by atoms with Crippen molar-refractivity contribution in [2.24, 2.45) is 0 Å². The molecule has 0 saturated carbocycles. The van der Waals surface area contributed by atoms with Gasteiger partial charge in [-0.1, -0.05) is 12.8 Å². The molecule has 1 saturated heterocycles. The number of hydrogen-bond acceptors (Lipinski definition) is 3. The summed E-state index contributed by atoms with van der Waals surface area (Å²) in [5.41, 5.74) is -0.240. The van der Waals surface area contributed by atoms with Crippen molar-refractivity contribution in [3.63, 3.8) is 0 Å². The van der Waals surface area contributed by atoms with Crippen LogP contribution < -0.4 is 5.43 Å². The van der Waals surface area contributed by atoms with Crippen LogP contribution in [-0.4, -0.2) is 39.5 Å². The van der Waals surface area contributed by atoms with E-state index in [0.29, 0.717) is 5.69 Å². The first-order chi connectivity index (χ1) is 9.99. The third-order valence-corrected chi connectivity index (χ3v) is 3.84. The van der Waals surface area contributed by atoms with Crippen molar-refractivity contribution >= 4 is 11.9 Å². The Balaban J connectivity index is 2.18. The number of carboxylic acids is 1. The summed E-state index contributed by atoms with van der Waals surface area (Å²) in [5.74, 6) is -1.30. The number of carbonyl (C=O) groups is 2. The third-order valence-electron chi connectivity index (χ3n) is 3.84. The summed E-state index contributed by atoms with van der Waals surface area (Å²) in [7, 11) is 0. The van der Waals surface area contributed by atoms with E-state index >= 15 is 0 Å². The predicted octanol–water partition coefficient (Wildman–Crippen LogP) is 1.26. The molecule has 6 nitrogen and oxygen atoms in total. The van der Waals surface area contributed by atoms with E-state index in [1.165, 1.54) is 16.8 Å². The molecule has 1 aliphatic heterocycles. The van der Waals surface area contributed by atoms with E-state index in [4.69, 9.17) is 5.11 Å². The molecular formula is C15H20N2O4. The predicted molar refractivity (Wildman–Crippen MR) is 77.4 cm³/mol. The van der Waals surface area contributed by atoms with Gasteiger partial charge in [-0.15, -0.1) is 0 Å². The van der Waals surface area contributed by atoms with Gasteiger partial charge in [-0.2, -0.15) is 0 Å². The highest BCUT2D eigenvalue weighted by molar-refractivity contribution is 5.87. The first kappa shape index (κ1) is 15.3. The Morgan fingerprint density at radius 1 is 1.19 bits per heavy atom. The number of rotatable bonds is 3. The molecule has 1 aromatic heterocycles. The molecule has 6 heteroatoms. The fourth-order valence-corrected chi connectivity index (χ4v) is 2.57. The number of likely N-dealkylation sites (tertiary alicyclic amines) is 1. The van der Waals surface area contributed by atoms with Crippen LogP contribution in [0.1, 0.15) is 41.7 Å². The Kier molecular flexibility index (Phi) is 4.77. The molecule has 2 rings (SSSR count). The Bertz CT molecular complexity index is 598. The molecule has 0 aromatic carbocycles. The van der Waals surface area contributed by atoms with Crippen LogP contribution in [-0.2, 0) is 11.3 Å². The highest BCUT2D eigenvalue weighted by Gasteiger charge is 2.17. The molecule has 21 heavy (non-hydrogen) atoms. The van der Waals surface area contributed by atoms with E-state index in [9.17, 15) is 14.4 Å². The maximum atomic E-state index is 12.3. The molecule has 0 spiro atoms. The lowest BCUT2D eigenvalue weighted by atomic mass is 10.2. The summed E-state index contributed by atoms with van der Waals surface area (Å²) in [6.45, 7) is 3.28. The maximum absolute atomic E-state index is 12.3. The molecule has 114 valence electrons. The monoisotopic (exact) mass is 292 g/mol. The zero-order valence-electron chi connectivity index (χ0n) is 12.2. The maximum Gasteiger partial charge on any atom is 0.341 e. The molecule has 0 aliphatic carbocycles. The van der Waals surface area contributed by atoms with Crippen molar-refractivity contribution < 1.29 is 14.7 Å². The molecule has 1 aliphatic rings. The van der Waals surface area contributed by atoms with Gasteiger partial charge in [0.15, 0.2) is 5.43 Å². The molecule has 0 radical (unpaired) electrons. The first-order valence-corrected chi connectivity index (χ1v) is 7.21. The first-order valence-electron chi connectivity index (χ1n) is 7.21. The van der Waals surface area contributed by atoms with Crippen molar-refractivity contribution in [3.8, 4) is 0 Å². The normalized spacial score (nSPS) is 15.6. The topological polar surface area (TPSA) is 79.6 Å². The number of carboxylic acid groups (broad SMARTS) is 1. The molecule has 2 heterocycles. The number of aromatic nitrogens is 1. The van der Waals surface area contributed by atoms with Gasteiger partial charge in [-0.3, -0.25) is 9.59 Å². The van der Waals surface area contributed by atoms with E-state index in [0.717, 1.165) is 38.8 Å². The van der Waals surface area contributed by atoms with E-state index in [1.54, 1.807) is 6.92 Å². The largest absolute Gasteiger partial charge is 0.477 e. The van der Waals surface area contributed by atoms with Crippen LogP contribution in [0.25, 0.3) is 0 Å². The molecule has 0 atom stereocenters. The van der Waals surface area contributed by atoms with Gasteiger partial charge < -0.3 is 14.6 Å². The van der Waals surface area contributed by atoms with Crippen LogP contribution in [0.4, 0.5) is 0 Å². The summed E-state index contributed by atoms with van der Waals surface area (Å²) in [4.78, 5) is 36.7. The summed E-state index contributed by atoms with van der Waals surface area (Å²) in [6, 6.07) is 1.26. The number of amides is 1. The van der Waals surface area contributed by atoms with Gasteiger partial charge in [-0.25, -0.2) is 4.79 Å². The summed E-state index contributed by atoms with van der Waals surface area (Å²) in [5, 5.41) is 8.99. The average molecular weight is 292 g/mol. The lowest BCUT2D eigenvalue weighted by Gasteiger charge is -2.21. The van der Waals surface area contributed by atoms with Gasteiger partial charge >= 0.3 is 5.97 Å². The van der Waals surface area contributed by atoms with Crippen LogP contribution in [0, 0.1) is 6.92 Å². The number of carbonyl (C=O) groups excluding carboxylic acids is 1. The van der Waals surface area contributed by atoms with Crippen LogP contribution in [0.15, 0.2) is 17.1 Å². The molecule has 0 unspecified atom stereocenters. The zero-order chi connectivity index (χ0) is 15.4. The quantitative estimate of drug-likeness (QED) is 0.909. The minimum absolute atomic E-state index is 0.0278. The Hall–Kier alpha value is -2.11. The Labute approximate surface area is 123 Å². The fourth-order valence-electron chi connectivity index (χ4n) is 2.57. The van der Waals surface area contributed by atoms with Gasteiger partial charge in [0.2, 0.25) is 5.91 Å². The van der Waals surface area contributed by atoms with Gasteiger partial charge in [0, 0.05) is 31.0 Å². The number of hydrogen-bond donors (Lipinski definition) is 1. The number of nitrogens with zero attached hydrogens (tertiary/aromatic N) is 2. The summed E-state index contributed by atoms with van der Waals surface area (Å²) >= 11 is 0. The average Bonchev–Trinajstić information content (AvgIpc) is 2.70. The van der Waals surface area contributed by atoms with E-state index < -0.39 is 11.4 Å². The van der Waals surface area contributed by atoms with Gasteiger partial charge in [-0.05, 0) is 19.8 Å². The van der Waals surface area contributed by atoms with Gasteiger partial charge in [0.25, 0.3) is 0 Å². The van der Waals surface area contributed by atoms with Crippen LogP contribution >= 0.6 is 0 Å². The van der Waals surface area contributed by atoms with Crippen LogP contribution in [0.3, 0.4) is 0 Å². The van der Waals surface area contributed by atoms with Crippen molar-refractivity contribution in [1.29, 1.82) is 0 Å². The number of aryl methyl sites for hydroxylation is 1. The van der Waals surface area contributed by atoms with Gasteiger partial charge in [0.05, 0.1) is 0 Å². The van der Waals surface area contributed by atoms with Crippen molar-refractivity contribution in [1.82, 2.24) is 9.47 Å². The molecule has 1 aromatic rings.